The van der Waals surface area contributed by atoms with Crippen LogP contribution in [-0.4, -0.2) is 14.8 Å². The largest absolute Gasteiger partial charge is 0.258 e. The fourth-order valence-electron chi connectivity index (χ4n) is 1.05. The molecule has 0 aliphatic rings. The highest BCUT2D eigenvalue weighted by molar-refractivity contribution is 14.1. The summed E-state index contributed by atoms with van der Waals surface area (Å²) < 4.78 is 28.2. The summed E-state index contributed by atoms with van der Waals surface area (Å²) in [5.41, 5.74) is -0.206. The SMILES string of the molecule is Fc1cncc(F)c1-n1ccc(I)n1. The molecule has 2 aromatic heterocycles. The third-order valence-electron chi connectivity index (χ3n) is 1.61. The second-order valence-corrected chi connectivity index (χ2v) is 3.64. The highest BCUT2D eigenvalue weighted by atomic mass is 127. The summed E-state index contributed by atoms with van der Waals surface area (Å²) >= 11 is 1.96. The second kappa shape index (κ2) is 3.60. The van der Waals surface area contributed by atoms with E-state index in [1.807, 2.05) is 22.6 Å². The van der Waals surface area contributed by atoms with Gasteiger partial charge in [-0.2, -0.15) is 5.10 Å². The highest BCUT2D eigenvalue weighted by Crippen LogP contribution is 2.15. The Morgan fingerprint density at radius 3 is 2.36 bits per heavy atom. The van der Waals surface area contributed by atoms with E-state index in [1.165, 1.54) is 6.20 Å². The number of nitrogens with zero attached hydrogens (tertiary/aromatic N) is 3. The maximum Gasteiger partial charge on any atom is 0.170 e. The maximum absolute atomic E-state index is 13.2. The van der Waals surface area contributed by atoms with E-state index in [4.69, 9.17) is 0 Å². The number of rotatable bonds is 1. The van der Waals surface area contributed by atoms with Crippen molar-refractivity contribution in [3.8, 4) is 5.69 Å². The minimum atomic E-state index is -0.732. The number of hydrogen-bond acceptors (Lipinski definition) is 2. The van der Waals surface area contributed by atoms with Gasteiger partial charge >= 0.3 is 0 Å². The molecule has 0 radical (unpaired) electrons. The molecular formula is C8H4F2IN3. The number of halogens is 3. The van der Waals surface area contributed by atoms with Gasteiger partial charge in [-0.15, -0.1) is 0 Å². The van der Waals surface area contributed by atoms with Crippen LogP contribution in [0.4, 0.5) is 8.78 Å². The van der Waals surface area contributed by atoms with Crippen LogP contribution in [0.3, 0.4) is 0 Å². The van der Waals surface area contributed by atoms with Crippen molar-refractivity contribution < 1.29 is 8.78 Å². The number of hydrogen-bond donors (Lipinski definition) is 0. The molecule has 0 aromatic carbocycles. The fraction of sp³-hybridized carbons (Fsp3) is 0. The minimum absolute atomic E-state index is 0.206. The van der Waals surface area contributed by atoms with Crippen molar-refractivity contribution in [2.75, 3.05) is 0 Å². The van der Waals surface area contributed by atoms with Crippen LogP contribution in [-0.2, 0) is 0 Å². The Morgan fingerprint density at radius 1 is 1.21 bits per heavy atom. The van der Waals surface area contributed by atoms with Crippen LogP contribution in [0.2, 0.25) is 0 Å². The maximum atomic E-state index is 13.2. The lowest BCUT2D eigenvalue weighted by Crippen LogP contribution is -2.03. The Hall–Kier alpha value is -1.05. The summed E-state index contributed by atoms with van der Waals surface area (Å²) in [5, 5.41) is 3.90. The molecule has 0 N–H and O–H groups in total. The molecule has 0 aliphatic heterocycles. The summed E-state index contributed by atoms with van der Waals surface area (Å²) in [6.45, 7) is 0. The first kappa shape index (κ1) is 9.50. The topological polar surface area (TPSA) is 30.7 Å². The Kier molecular flexibility index (Phi) is 2.44. The van der Waals surface area contributed by atoms with E-state index in [2.05, 4.69) is 10.1 Å². The summed E-state index contributed by atoms with van der Waals surface area (Å²) in [6.07, 6.45) is 3.39. The lowest BCUT2D eigenvalue weighted by molar-refractivity contribution is 0.550. The fourth-order valence-corrected chi connectivity index (χ4v) is 1.44. The highest BCUT2D eigenvalue weighted by Gasteiger charge is 2.11. The van der Waals surface area contributed by atoms with Gasteiger partial charge in [-0.25, -0.2) is 13.5 Å². The minimum Gasteiger partial charge on any atom is -0.258 e. The molecule has 3 nitrogen and oxygen atoms in total. The summed E-state index contributed by atoms with van der Waals surface area (Å²) in [5.74, 6) is -1.46. The molecule has 14 heavy (non-hydrogen) atoms. The van der Waals surface area contributed by atoms with Gasteiger partial charge in [-0.05, 0) is 28.7 Å². The lowest BCUT2D eigenvalue weighted by Gasteiger charge is -2.02. The molecule has 0 saturated carbocycles. The van der Waals surface area contributed by atoms with Crippen molar-refractivity contribution in [3.05, 3.63) is 40.0 Å². The first-order chi connectivity index (χ1) is 6.68. The van der Waals surface area contributed by atoms with Crippen molar-refractivity contribution in [2.45, 2.75) is 0 Å². The van der Waals surface area contributed by atoms with Crippen LogP contribution < -0.4 is 0 Å². The van der Waals surface area contributed by atoms with Crippen molar-refractivity contribution >= 4 is 22.6 Å². The molecule has 0 spiro atoms. The monoisotopic (exact) mass is 307 g/mol. The van der Waals surface area contributed by atoms with Gasteiger partial charge in [0.25, 0.3) is 0 Å². The first-order valence-corrected chi connectivity index (χ1v) is 4.77. The molecule has 2 aromatic rings. The lowest BCUT2D eigenvalue weighted by atomic mass is 10.4. The molecule has 0 atom stereocenters. The van der Waals surface area contributed by atoms with E-state index in [-0.39, 0.29) is 5.69 Å². The van der Waals surface area contributed by atoms with Gasteiger partial charge < -0.3 is 0 Å². The van der Waals surface area contributed by atoms with E-state index in [9.17, 15) is 8.78 Å². The smallest absolute Gasteiger partial charge is 0.170 e. The van der Waals surface area contributed by atoms with Crippen LogP contribution >= 0.6 is 22.6 Å². The molecule has 0 unspecified atom stereocenters. The van der Waals surface area contributed by atoms with Crippen LogP contribution in [0, 0.1) is 15.3 Å². The van der Waals surface area contributed by atoms with Crippen LogP contribution in [0.25, 0.3) is 5.69 Å². The third-order valence-corrected chi connectivity index (χ3v) is 2.19. The molecule has 0 saturated heterocycles. The molecule has 0 aliphatic carbocycles. The van der Waals surface area contributed by atoms with Crippen LogP contribution in [0.5, 0.6) is 0 Å². The van der Waals surface area contributed by atoms with Gasteiger partial charge in [0.1, 0.15) is 9.39 Å². The zero-order valence-corrected chi connectivity index (χ0v) is 8.94. The quantitative estimate of drug-likeness (QED) is 0.756. The normalized spacial score (nSPS) is 10.5. The molecule has 6 heteroatoms. The van der Waals surface area contributed by atoms with Gasteiger partial charge in [0.05, 0.1) is 12.4 Å². The molecule has 2 rings (SSSR count). The predicted octanol–water partition coefficient (Wildman–Crippen LogP) is 2.15. The van der Waals surface area contributed by atoms with E-state index >= 15 is 0 Å². The van der Waals surface area contributed by atoms with Gasteiger partial charge in [0, 0.05) is 6.20 Å². The summed E-state index contributed by atoms with van der Waals surface area (Å²) in [4.78, 5) is 3.38. The van der Waals surface area contributed by atoms with Crippen molar-refractivity contribution in [1.29, 1.82) is 0 Å². The van der Waals surface area contributed by atoms with Crippen molar-refractivity contribution in [3.63, 3.8) is 0 Å². The zero-order valence-electron chi connectivity index (χ0n) is 6.78. The van der Waals surface area contributed by atoms with E-state index in [0.717, 1.165) is 17.1 Å². The van der Waals surface area contributed by atoms with Crippen molar-refractivity contribution in [2.24, 2.45) is 0 Å². The Labute approximate surface area is 91.9 Å². The second-order valence-electron chi connectivity index (χ2n) is 2.53. The number of aromatic nitrogens is 3. The van der Waals surface area contributed by atoms with Gasteiger partial charge in [-0.1, -0.05) is 0 Å². The Balaban J connectivity index is 2.61. The number of pyridine rings is 1. The Bertz CT molecular complexity index is 449. The average molecular weight is 307 g/mol. The molecule has 0 amide bonds. The molecular weight excluding hydrogens is 303 g/mol. The van der Waals surface area contributed by atoms with Gasteiger partial charge in [-0.3, -0.25) is 4.98 Å². The molecule has 2 heterocycles. The summed E-state index contributed by atoms with van der Waals surface area (Å²) in [7, 11) is 0. The van der Waals surface area contributed by atoms with Crippen LogP contribution in [0.15, 0.2) is 24.7 Å². The molecule has 0 fully saturated rings. The third kappa shape index (κ3) is 1.61. The zero-order chi connectivity index (χ0) is 10.1. The predicted molar refractivity (Wildman–Crippen MR) is 54.0 cm³/mol. The van der Waals surface area contributed by atoms with E-state index in [0.29, 0.717) is 3.70 Å². The van der Waals surface area contributed by atoms with Gasteiger partial charge in [0.2, 0.25) is 0 Å². The molecule has 0 bridgehead atoms. The average Bonchev–Trinajstić information content (AvgIpc) is 2.51. The standard InChI is InChI=1S/C8H4F2IN3/c9-5-3-12-4-6(10)8(5)14-2-1-7(11)13-14/h1-4H. The van der Waals surface area contributed by atoms with Crippen molar-refractivity contribution in [1.82, 2.24) is 14.8 Å². The summed E-state index contributed by atoms with van der Waals surface area (Å²) in [6, 6.07) is 1.65. The Morgan fingerprint density at radius 2 is 1.86 bits per heavy atom. The van der Waals surface area contributed by atoms with Crippen LogP contribution in [0.1, 0.15) is 0 Å². The van der Waals surface area contributed by atoms with E-state index < -0.39 is 11.6 Å². The molecule has 72 valence electrons. The van der Waals surface area contributed by atoms with E-state index in [1.54, 1.807) is 6.07 Å². The van der Waals surface area contributed by atoms with Gasteiger partial charge in [0.15, 0.2) is 11.6 Å². The first-order valence-electron chi connectivity index (χ1n) is 3.69.